The van der Waals surface area contributed by atoms with Gasteiger partial charge in [0.1, 0.15) is 11.5 Å². The molecule has 0 aromatic heterocycles. The van der Waals surface area contributed by atoms with Gasteiger partial charge in [-0.2, -0.15) is 0 Å². The summed E-state index contributed by atoms with van der Waals surface area (Å²) in [7, 11) is 0. The SMILES string of the molecule is CCCCC1(CCCC)Oc2ccc(C3CCC(CCc4ccc(OCC)cc4)N3CO)cc2S1. The highest BCUT2D eigenvalue weighted by molar-refractivity contribution is 8.00. The minimum absolute atomic E-state index is 0.0976. The van der Waals surface area contributed by atoms with Crippen LogP contribution in [0, 0.1) is 0 Å². The zero-order valence-corrected chi connectivity index (χ0v) is 22.6. The van der Waals surface area contributed by atoms with Crippen LogP contribution in [-0.4, -0.2) is 34.3 Å². The van der Waals surface area contributed by atoms with E-state index in [0.717, 1.165) is 50.0 Å². The molecule has 0 bridgehead atoms. The Morgan fingerprint density at radius 1 is 1.03 bits per heavy atom. The molecule has 2 aromatic carbocycles. The Balaban J connectivity index is 1.41. The van der Waals surface area contributed by atoms with Crippen molar-refractivity contribution in [3.8, 4) is 11.5 Å². The second-order valence-electron chi connectivity index (χ2n) is 10.0. The van der Waals surface area contributed by atoms with Crippen LogP contribution in [0.2, 0.25) is 0 Å². The molecule has 0 amide bonds. The fourth-order valence-electron chi connectivity index (χ4n) is 5.61. The lowest BCUT2D eigenvalue weighted by molar-refractivity contribution is 0.0596. The predicted molar refractivity (Wildman–Crippen MR) is 145 cm³/mol. The van der Waals surface area contributed by atoms with Gasteiger partial charge in [0.25, 0.3) is 0 Å². The number of aliphatic hydroxyl groups is 1. The normalized spacial score (nSPS) is 21.1. The number of nitrogens with zero attached hydrogens (tertiary/aromatic N) is 1. The van der Waals surface area contributed by atoms with Gasteiger partial charge in [0.15, 0.2) is 4.93 Å². The summed E-state index contributed by atoms with van der Waals surface area (Å²) in [6.45, 7) is 7.33. The Morgan fingerprint density at radius 3 is 2.43 bits per heavy atom. The van der Waals surface area contributed by atoms with Gasteiger partial charge >= 0.3 is 0 Å². The van der Waals surface area contributed by atoms with Gasteiger partial charge < -0.3 is 14.6 Å². The van der Waals surface area contributed by atoms with Crippen LogP contribution in [0.1, 0.15) is 95.7 Å². The van der Waals surface area contributed by atoms with E-state index in [-0.39, 0.29) is 17.7 Å². The summed E-state index contributed by atoms with van der Waals surface area (Å²) in [4.78, 5) is 3.49. The fourth-order valence-corrected chi connectivity index (χ4v) is 7.04. The Bertz CT molecular complexity index is 924. The highest BCUT2D eigenvalue weighted by atomic mass is 32.2. The van der Waals surface area contributed by atoms with Crippen LogP contribution in [-0.2, 0) is 6.42 Å². The number of ether oxygens (including phenoxy) is 2. The van der Waals surface area contributed by atoms with Crippen molar-refractivity contribution >= 4 is 11.8 Å². The first-order chi connectivity index (χ1) is 17.1. The van der Waals surface area contributed by atoms with Crippen LogP contribution in [0.5, 0.6) is 11.5 Å². The molecule has 4 nitrogen and oxygen atoms in total. The van der Waals surface area contributed by atoms with Crippen molar-refractivity contribution in [2.75, 3.05) is 13.3 Å². The van der Waals surface area contributed by atoms with Gasteiger partial charge in [-0.3, -0.25) is 4.90 Å². The molecule has 0 radical (unpaired) electrons. The number of likely N-dealkylation sites (tertiary alicyclic amines) is 1. The molecule has 2 unspecified atom stereocenters. The maximum absolute atomic E-state index is 10.3. The molecular weight excluding hydrogens is 454 g/mol. The first kappa shape index (κ1) is 26.4. The summed E-state index contributed by atoms with van der Waals surface area (Å²) < 4.78 is 12.2. The van der Waals surface area contributed by atoms with Gasteiger partial charge in [-0.05, 0) is 93.7 Å². The van der Waals surface area contributed by atoms with Gasteiger partial charge in [0, 0.05) is 12.1 Å². The summed E-state index contributed by atoms with van der Waals surface area (Å²) in [5, 5.41) is 10.3. The number of hydrogen-bond donors (Lipinski definition) is 1. The summed E-state index contributed by atoms with van der Waals surface area (Å²) in [6.07, 6.45) is 11.3. The molecular formula is C30H43NO3S. The number of benzene rings is 2. The molecule has 2 atom stereocenters. The highest BCUT2D eigenvalue weighted by Crippen LogP contribution is 2.53. The summed E-state index contributed by atoms with van der Waals surface area (Å²) in [6, 6.07) is 15.9. The molecule has 1 N–H and O–H groups in total. The molecule has 192 valence electrons. The minimum Gasteiger partial charge on any atom is -0.494 e. The Morgan fingerprint density at radius 2 is 1.77 bits per heavy atom. The number of aryl methyl sites for hydroxylation is 1. The second kappa shape index (κ2) is 12.5. The van der Waals surface area contributed by atoms with Crippen LogP contribution >= 0.6 is 11.8 Å². The molecule has 4 rings (SSSR count). The molecule has 5 heteroatoms. The number of rotatable bonds is 13. The van der Waals surface area contributed by atoms with E-state index in [2.05, 4.69) is 61.2 Å². The highest BCUT2D eigenvalue weighted by Gasteiger charge is 2.40. The number of unbranched alkanes of at least 4 members (excludes halogenated alkanes) is 2. The van der Waals surface area contributed by atoms with E-state index in [1.807, 2.05) is 18.7 Å². The van der Waals surface area contributed by atoms with Crippen molar-refractivity contribution in [1.82, 2.24) is 4.90 Å². The van der Waals surface area contributed by atoms with Crippen LogP contribution < -0.4 is 9.47 Å². The van der Waals surface area contributed by atoms with E-state index < -0.39 is 0 Å². The van der Waals surface area contributed by atoms with Crippen LogP contribution in [0.15, 0.2) is 47.4 Å². The summed E-state index contributed by atoms with van der Waals surface area (Å²) >= 11 is 1.94. The first-order valence-corrected chi connectivity index (χ1v) is 14.5. The minimum atomic E-state index is -0.0976. The molecule has 0 aliphatic carbocycles. The third-order valence-electron chi connectivity index (χ3n) is 7.57. The fraction of sp³-hybridized carbons (Fsp3) is 0.600. The molecule has 2 heterocycles. The maximum Gasteiger partial charge on any atom is 0.159 e. The van der Waals surface area contributed by atoms with Gasteiger partial charge in [-0.25, -0.2) is 0 Å². The molecule has 1 fully saturated rings. The maximum atomic E-state index is 10.3. The second-order valence-corrected chi connectivity index (χ2v) is 11.4. The Kier molecular flexibility index (Phi) is 9.43. The number of thioether (sulfide) groups is 1. The van der Waals surface area contributed by atoms with Crippen molar-refractivity contribution in [2.24, 2.45) is 0 Å². The van der Waals surface area contributed by atoms with Crippen molar-refractivity contribution in [3.63, 3.8) is 0 Å². The third-order valence-corrected chi connectivity index (χ3v) is 8.98. The van der Waals surface area contributed by atoms with E-state index in [0.29, 0.717) is 12.6 Å². The average molecular weight is 498 g/mol. The van der Waals surface area contributed by atoms with Crippen molar-refractivity contribution in [3.05, 3.63) is 53.6 Å². The van der Waals surface area contributed by atoms with Crippen molar-refractivity contribution < 1.29 is 14.6 Å². The molecule has 2 aliphatic rings. The third kappa shape index (κ3) is 6.36. The molecule has 2 aromatic rings. The molecule has 0 spiro atoms. The monoisotopic (exact) mass is 497 g/mol. The van der Waals surface area contributed by atoms with Gasteiger partial charge in [0.05, 0.1) is 18.2 Å². The number of hydrogen-bond acceptors (Lipinski definition) is 5. The lowest BCUT2D eigenvalue weighted by Gasteiger charge is -2.28. The molecule has 1 saturated heterocycles. The van der Waals surface area contributed by atoms with Crippen LogP contribution in [0.4, 0.5) is 0 Å². The Labute approximate surface area is 216 Å². The largest absolute Gasteiger partial charge is 0.494 e. The van der Waals surface area contributed by atoms with E-state index in [9.17, 15) is 5.11 Å². The number of aliphatic hydroxyl groups excluding tert-OH is 1. The smallest absolute Gasteiger partial charge is 0.159 e. The van der Waals surface area contributed by atoms with Gasteiger partial charge in [0.2, 0.25) is 0 Å². The van der Waals surface area contributed by atoms with E-state index in [1.54, 1.807) is 0 Å². The van der Waals surface area contributed by atoms with Crippen LogP contribution in [0.3, 0.4) is 0 Å². The quantitative estimate of drug-likeness (QED) is 0.307. The standard InChI is InChI=1S/C30H43NO3S/c1-4-7-19-30(20-8-5-2)34-28-18-12-24(21-29(28)35-30)27-17-14-25(31(27)22-32)13-9-23-10-15-26(16-11-23)33-6-3/h10-12,15-16,18,21,25,27,32H,4-9,13-14,17,19-20,22H2,1-3H3. The van der Waals surface area contributed by atoms with Gasteiger partial charge in [-0.15, -0.1) is 0 Å². The lowest BCUT2D eigenvalue weighted by Crippen LogP contribution is -2.32. The summed E-state index contributed by atoms with van der Waals surface area (Å²) in [5.74, 6) is 1.98. The number of fused-ring (bicyclic) bond motifs is 1. The van der Waals surface area contributed by atoms with Crippen molar-refractivity contribution in [1.29, 1.82) is 0 Å². The molecule has 0 saturated carbocycles. The average Bonchev–Trinajstić information content (AvgIpc) is 3.46. The van der Waals surface area contributed by atoms with E-state index in [4.69, 9.17) is 9.47 Å². The molecule has 35 heavy (non-hydrogen) atoms. The topological polar surface area (TPSA) is 41.9 Å². The zero-order valence-electron chi connectivity index (χ0n) is 21.8. The molecule has 2 aliphatic heterocycles. The summed E-state index contributed by atoms with van der Waals surface area (Å²) in [5.41, 5.74) is 2.65. The Hall–Kier alpha value is -1.69. The van der Waals surface area contributed by atoms with Gasteiger partial charge in [-0.1, -0.05) is 56.7 Å². The lowest BCUT2D eigenvalue weighted by atomic mass is 10.0. The predicted octanol–water partition coefficient (Wildman–Crippen LogP) is 7.73. The van der Waals surface area contributed by atoms with E-state index in [1.165, 1.54) is 41.7 Å². The first-order valence-electron chi connectivity index (χ1n) is 13.7. The van der Waals surface area contributed by atoms with E-state index >= 15 is 0 Å². The zero-order chi connectivity index (χ0) is 24.7. The van der Waals surface area contributed by atoms with Crippen molar-refractivity contribution in [2.45, 2.75) is 107 Å². The van der Waals surface area contributed by atoms with Crippen LogP contribution in [0.25, 0.3) is 0 Å².